The Balaban J connectivity index is 0.000000291. The molecule has 0 radical (unpaired) electrons. The van der Waals surface area contributed by atoms with Gasteiger partial charge in [0, 0.05) is 23.0 Å². The van der Waals surface area contributed by atoms with Crippen molar-refractivity contribution < 1.29 is 29.1 Å². The monoisotopic (exact) mass is 987 g/mol. The van der Waals surface area contributed by atoms with Gasteiger partial charge in [-0.2, -0.15) is 29.9 Å². The van der Waals surface area contributed by atoms with Gasteiger partial charge in [0.2, 0.25) is 0 Å². The summed E-state index contributed by atoms with van der Waals surface area (Å²) in [4.78, 5) is 5.20. The van der Waals surface area contributed by atoms with Crippen LogP contribution in [0.1, 0.15) is 56.2 Å². The summed E-state index contributed by atoms with van der Waals surface area (Å²) in [5.41, 5.74) is 17.0. The summed E-state index contributed by atoms with van der Waals surface area (Å²) in [5.74, 6) is 0.717. The Hall–Kier alpha value is -6.23. The Labute approximate surface area is 376 Å². The van der Waals surface area contributed by atoms with Gasteiger partial charge in [0.1, 0.15) is 5.58 Å². The summed E-state index contributed by atoms with van der Waals surface area (Å²) >= 11 is 1.74. The van der Waals surface area contributed by atoms with Crippen LogP contribution in [0.3, 0.4) is 0 Å². The van der Waals surface area contributed by atoms with Crippen LogP contribution in [0.15, 0.2) is 174 Å². The maximum Gasteiger partial charge on any atom is 3.00 e. The van der Waals surface area contributed by atoms with Crippen molar-refractivity contribution in [2.75, 3.05) is 0 Å². The number of rotatable bonds is 7. The molecule has 0 amide bonds. The van der Waals surface area contributed by atoms with Gasteiger partial charge in [-0.25, -0.2) is 0 Å². The summed E-state index contributed by atoms with van der Waals surface area (Å²) < 4.78 is 9.65. The zero-order valence-electron chi connectivity index (χ0n) is 34.8. The minimum atomic E-state index is 0. The van der Waals surface area contributed by atoms with Gasteiger partial charge < -0.3 is 8.98 Å². The van der Waals surface area contributed by atoms with E-state index in [2.05, 4.69) is 163 Å². The predicted molar refractivity (Wildman–Crippen MR) is 253 cm³/mol. The Bertz CT molecular complexity index is 3050. The van der Waals surface area contributed by atoms with Gasteiger partial charge in [0.05, 0.1) is 27.7 Å². The molecule has 0 unspecified atom stereocenters. The van der Waals surface area contributed by atoms with E-state index in [0.29, 0.717) is 11.8 Å². The van der Waals surface area contributed by atoms with Crippen LogP contribution in [0.25, 0.3) is 87.4 Å². The van der Waals surface area contributed by atoms with Crippen molar-refractivity contribution in [1.29, 1.82) is 0 Å². The van der Waals surface area contributed by atoms with Crippen LogP contribution in [0.4, 0.5) is 0 Å². The van der Waals surface area contributed by atoms with E-state index < -0.39 is 0 Å². The molecule has 0 bridgehead atoms. The summed E-state index contributed by atoms with van der Waals surface area (Å²) in [6.07, 6.45) is 1.93. The molecule has 0 spiro atoms. The average molecular weight is 987 g/mol. The fourth-order valence-electron chi connectivity index (χ4n) is 8.16. The molecule has 61 heavy (non-hydrogen) atoms. The van der Waals surface area contributed by atoms with Crippen molar-refractivity contribution in [3.63, 3.8) is 0 Å². The molecule has 0 aliphatic rings. The molecule has 0 fully saturated rings. The van der Waals surface area contributed by atoms with E-state index in [9.17, 15) is 0 Å². The molecule has 7 aromatic carbocycles. The van der Waals surface area contributed by atoms with Crippen LogP contribution in [-0.4, -0.2) is 4.98 Å². The van der Waals surface area contributed by atoms with Crippen molar-refractivity contribution in [3.05, 3.63) is 207 Å². The van der Waals surface area contributed by atoms with E-state index in [0.717, 1.165) is 60.4 Å². The number of hydrogen-bond acceptors (Lipinski definition) is 3. The van der Waals surface area contributed by atoms with Gasteiger partial charge in [-0.1, -0.05) is 160 Å². The second kappa shape index (κ2) is 17.8. The number of aromatic nitrogens is 2. The average Bonchev–Trinajstić information content (AvgIpc) is 3.89. The summed E-state index contributed by atoms with van der Waals surface area (Å²) in [7, 11) is 3.93. The Morgan fingerprint density at radius 1 is 0.623 bits per heavy atom. The number of thiazole rings is 1. The van der Waals surface area contributed by atoms with Gasteiger partial charge >= 0.3 is 20.1 Å². The fourth-order valence-corrected chi connectivity index (χ4v) is 9.25. The van der Waals surface area contributed by atoms with E-state index in [1.165, 1.54) is 43.6 Å². The summed E-state index contributed by atoms with van der Waals surface area (Å²) in [6.45, 7) is 13.2. The molecule has 0 aliphatic heterocycles. The summed E-state index contributed by atoms with van der Waals surface area (Å²) in [5, 5.41) is 3.12. The number of benzene rings is 7. The molecule has 5 heteroatoms. The Morgan fingerprint density at radius 3 is 1.93 bits per heavy atom. The Morgan fingerprint density at radius 2 is 1.26 bits per heavy atom. The molecular formula is C56H46IrN2OS+. The van der Waals surface area contributed by atoms with Crippen LogP contribution in [-0.2, 0) is 20.1 Å². The maximum atomic E-state index is 6.60. The normalized spacial score (nSPS) is 11.2. The molecule has 0 saturated heterocycles. The minimum absolute atomic E-state index is 0. The van der Waals surface area contributed by atoms with Gasteiger partial charge in [-0.15, -0.1) is 35.9 Å². The number of nitrogens with zero attached hydrogens (tertiary/aromatic N) is 2. The first-order valence-corrected chi connectivity index (χ1v) is 21.4. The van der Waals surface area contributed by atoms with Crippen molar-refractivity contribution in [3.8, 4) is 55.2 Å². The number of furan rings is 1. The zero-order chi connectivity index (χ0) is 41.3. The fraction of sp³-hybridized carbons (Fsp3) is 0.107. The van der Waals surface area contributed by atoms with E-state index in [1.807, 2.05) is 59.3 Å². The van der Waals surface area contributed by atoms with Crippen LogP contribution in [0.5, 0.6) is 0 Å². The Kier molecular flexibility index (Phi) is 12.1. The minimum Gasteiger partial charge on any atom is -0.501 e. The number of hydrogen-bond donors (Lipinski definition) is 0. The maximum absolute atomic E-state index is 6.60. The second-order valence-corrected chi connectivity index (χ2v) is 16.9. The zero-order valence-corrected chi connectivity index (χ0v) is 38.0. The van der Waals surface area contributed by atoms with Gasteiger partial charge in [-0.3, -0.25) is 4.98 Å². The molecule has 10 rings (SSSR count). The van der Waals surface area contributed by atoms with Crippen LogP contribution in [0, 0.1) is 20.0 Å². The topological polar surface area (TPSA) is 29.9 Å². The first kappa shape index (κ1) is 41.5. The van der Waals surface area contributed by atoms with Crippen LogP contribution < -0.4 is 4.57 Å². The third-order valence-electron chi connectivity index (χ3n) is 11.2. The van der Waals surface area contributed by atoms with Crippen molar-refractivity contribution in [2.24, 2.45) is 0 Å². The van der Waals surface area contributed by atoms with E-state index in [-0.39, 0.29) is 20.1 Å². The first-order valence-electron chi connectivity index (χ1n) is 20.5. The third kappa shape index (κ3) is 8.17. The second-order valence-electron chi connectivity index (χ2n) is 15.9. The molecule has 0 aliphatic carbocycles. The van der Waals surface area contributed by atoms with Crippen LogP contribution in [0.2, 0.25) is 0 Å². The molecule has 3 heterocycles. The van der Waals surface area contributed by atoms with E-state index in [1.54, 1.807) is 11.3 Å². The van der Waals surface area contributed by atoms with Crippen molar-refractivity contribution in [1.82, 2.24) is 4.98 Å². The van der Waals surface area contributed by atoms with E-state index >= 15 is 0 Å². The predicted octanol–water partition coefficient (Wildman–Crippen LogP) is 15.4. The molecule has 0 N–H and O–H groups in total. The first-order chi connectivity index (χ1) is 29.2. The quantitative estimate of drug-likeness (QED) is 0.118. The molecular weight excluding hydrogens is 941 g/mol. The molecule has 10 aromatic rings. The van der Waals surface area contributed by atoms with E-state index in [4.69, 9.17) is 9.40 Å². The third-order valence-corrected chi connectivity index (χ3v) is 12.3. The molecule has 0 atom stereocenters. The SMILES string of the molecule is CC(C)c1cc(-c2ccccc2)cc(C(C)C)c1-c1cccc2nc(-c3[c-]ccc4c3oc3cc(-c5ccccc5)ccc34)sc12.[CH2-]c1ccccc1-c1cccc[n+]1[CH2-].[Ir+3]. The number of pyridine rings is 1. The molecule has 3 aromatic heterocycles. The largest absolute Gasteiger partial charge is 3.00 e. The van der Waals surface area contributed by atoms with Crippen molar-refractivity contribution in [2.45, 2.75) is 39.5 Å². The molecule has 0 saturated carbocycles. The summed E-state index contributed by atoms with van der Waals surface area (Å²) in [6, 6.07) is 60.7. The molecule has 3 nitrogen and oxygen atoms in total. The molecule has 300 valence electrons. The standard InChI is InChI=1S/C43H34NOS.C13H12N.Ir/c1-26(2)36-23-31(29-15-9-6-10-16-29)24-37(27(3)4)40(36)34-18-12-20-38-42(34)46-43(44-38)35-19-11-17-33-32-22-21-30(25-39(32)45-41(33)35)28-13-7-5-8-14-28;1-11-7-3-4-8-12(11)13-9-5-6-10-14(13)2;/h5-18,20-27H,1-4H3;3-10H,1-2H2;/q2*-1;+3. The van der Waals surface area contributed by atoms with Crippen molar-refractivity contribution >= 4 is 43.5 Å². The van der Waals surface area contributed by atoms with Gasteiger partial charge in [-0.05, 0) is 62.9 Å². The van der Waals surface area contributed by atoms with Gasteiger partial charge in [0.25, 0.3) is 0 Å². The van der Waals surface area contributed by atoms with Crippen LogP contribution >= 0.6 is 11.3 Å². The van der Waals surface area contributed by atoms with Gasteiger partial charge in [0.15, 0.2) is 0 Å². The smallest absolute Gasteiger partial charge is 0.501 e. The number of fused-ring (bicyclic) bond motifs is 4.